The molecule has 0 bridgehead atoms. The molecule has 1 saturated heterocycles. The molecule has 92 valence electrons. The van der Waals surface area contributed by atoms with Crippen molar-refractivity contribution < 1.29 is 4.74 Å². The minimum atomic E-state index is 0.522. The fourth-order valence-corrected chi connectivity index (χ4v) is 1.96. The number of pyridine rings is 1. The molecule has 1 aliphatic heterocycles. The van der Waals surface area contributed by atoms with Crippen LogP contribution in [0, 0.1) is 0 Å². The van der Waals surface area contributed by atoms with Gasteiger partial charge in [0, 0.05) is 19.3 Å². The molecule has 2 rings (SSSR count). The molecule has 0 atom stereocenters. The highest BCUT2D eigenvalue weighted by atomic mass is 16.5. The molecule has 0 N–H and O–H groups in total. The zero-order chi connectivity index (χ0) is 12.3. The lowest BCUT2D eigenvalue weighted by Crippen LogP contribution is -2.34. The van der Waals surface area contributed by atoms with Gasteiger partial charge in [-0.2, -0.15) is 0 Å². The van der Waals surface area contributed by atoms with Gasteiger partial charge in [-0.05, 0) is 23.6 Å². The van der Waals surface area contributed by atoms with Crippen molar-refractivity contribution in [3.05, 3.63) is 36.2 Å². The maximum Gasteiger partial charge on any atom is 0.0859 e. The highest BCUT2D eigenvalue weighted by molar-refractivity contribution is 5.59. The summed E-state index contributed by atoms with van der Waals surface area (Å²) in [4.78, 5) is 6.66. The van der Waals surface area contributed by atoms with Crippen LogP contribution in [0.5, 0.6) is 0 Å². The van der Waals surface area contributed by atoms with E-state index >= 15 is 0 Å². The van der Waals surface area contributed by atoms with Gasteiger partial charge in [0.2, 0.25) is 0 Å². The Bertz CT molecular complexity index is 395. The third-order valence-electron chi connectivity index (χ3n) is 3.14. The Kier molecular flexibility index (Phi) is 3.79. The molecule has 0 aromatic carbocycles. The Labute approximate surface area is 103 Å². The van der Waals surface area contributed by atoms with Crippen molar-refractivity contribution in [2.75, 3.05) is 26.3 Å². The van der Waals surface area contributed by atoms with Crippen molar-refractivity contribution >= 4 is 5.70 Å². The van der Waals surface area contributed by atoms with E-state index in [1.165, 1.54) is 5.56 Å². The van der Waals surface area contributed by atoms with Crippen LogP contribution in [0.4, 0.5) is 0 Å². The third-order valence-corrected chi connectivity index (χ3v) is 3.14. The smallest absolute Gasteiger partial charge is 0.0859 e. The summed E-state index contributed by atoms with van der Waals surface area (Å²) in [6, 6.07) is 4.21. The van der Waals surface area contributed by atoms with Gasteiger partial charge >= 0.3 is 0 Å². The van der Waals surface area contributed by atoms with E-state index in [2.05, 4.69) is 42.4 Å². The number of nitrogens with zero attached hydrogens (tertiary/aromatic N) is 2. The number of hydrogen-bond acceptors (Lipinski definition) is 3. The van der Waals surface area contributed by atoms with Crippen molar-refractivity contribution in [1.82, 2.24) is 9.88 Å². The summed E-state index contributed by atoms with van der Waals surface area (Å²) >= 11 is 0. The van der Waals surface area contributed by atoms with E-state index in [1.807, 2.05) is 6.20 Å². The molecule has 17 heavy (non-hydrogen) atoms. The fourth-order valence-electron chi connectivity index (χ4n) is 1.96. The van der Waals surface area contributed by atoms with Crippen LogP contribution in [0.3, 0.4) is 0 Å². The fraction of sp³-hybridized carbons (Fsp3) is 0.500. The SMILES string of the molecule is C=C(c1cc(C(C)C)ccn1)N1CCOCC1. The van der Waals surface area contributed by atoms with Crippen LogP contribution in [0.25, 0.3) is 5.70 Å². The largest absolute Gasteiger partial charge is 0.378 e. The van der Waals surface area contributed by atoms with Crippen LogP contribution < -0.4 is 0 Å². The lowest BCUT2D eigenvalue weighted by atomic mass is 10.0. The summed E-state index contributed by atoms with van der Waals surface area (Å²) in [6.07, 6.45) is 1.87. The molecule has 1 fully saturated rings. The van der Waals surface area contributed by atoms with Crippen molar-refractivity contribution in [1.29, 1.82) is 0 Å². The average molecular weight is 232 g/mol. The Morgan fingerprint density at radius 3 is 2.76 bits per heavy atom. The quantitative estimate of drug-likeness (QED) is 0.800. The van der Waals surface area contributed by atoms with E-state index in [0.717, 1.165) is 37.7 Å². The van der Waals surface area contributed by atoms with Crippen LogP contribution in [0.2, 0.25) is 0 Å². The van der Waals surface area contributed by atoms with Gasteiger partial charge in [0.05, 0.1) is 24.6 Å². The van der Waals surface area contributed by atoms with E-state index < -0.39 is 0 Å². The van der Waals surface area contributed by atoms with Gasteiger partial charge in [0.1, 0.15) is 0 Å². The van der Waals surface area contributed by atoms with Gasteiger partial charge in [-0.3, -0.25) is 4.98 Å². The van der Waals surface area contributed by atoms with Crippen LogP contribution in [0.15, 0.2) is 24.9 Å². The number of rotatable bonds is 3. The predicted molar refractivity (Wildman–Crippen MR) is 69.8 cm³/mol. The molecule has 2 heterocycles. The second-order valence-corrected chi connectivity index (χ2v) is 4.68. The van der Waals surface area contributed by atoms with Crippen molar-refractivity contribution in [3.63, 3.8) is 0 Å². The van der Waals surface area contributed by atoms with Crippen molar-refractivity contribution in [2.24, 2.45) is 0 Å². The molecule has 0 unspecified atom stereocenters. The molecule has 1 aliphatic rings. The normalized spacial score (nSPS) is 16.3. The molecule has 0 radical (unpaired) electrons. The minimum Gasteiger partial charge on any atom is -0.378 e. The molecule has 1 aromatic rings. The summed E-state index contributed by atoms with van der Waals surface area (Å²) in [7, 11) is 0. The topological polar surface area (TPSA) is 25.4 Å². The van der Waals surface area contributed by atoms with E-state index in [0.29, 0.717) is 5.92 Å². The molecular weight excluding hydrogens is 212 g/mol. The molecule has 0 aliphatic carbocycles. The third kappa shape index (κ3) is 2.86. The molecule has 0 saturated carbocycles. The average Bonchev–Trinajstić information content (AvgIpc) is 2.39. The number of aromatic nitrogens is 1. The Morgan fingerprint density at radius 1 is 1.41 bits per heavy atom. The first-order valence-electron chi connectivity index (χ1n) is 6.16. The molecule has 3 heteroatoms. The first-order valence-corrected chi connectivity index (χ1v) is 6.16. The van der Waals surface area contributed by atoms with Gasteiger partial charge in [-0.1, -0.05) is 20.4 Å². The Hall–Kier alpha value is -1.35. The first-order chi connectivity index (χ1) is 8.18. The monoisotopic (exact) mass is 232 g/mol. The molecule has 3 nitrogen and oxygen atoms in total. The van der Waals surface area contributed by atoms with E-state index in [9.17, 15) is 0 Å². The van der Waals surface area contributed by atoms with Gasteiger partial charge in [-0.15, -0.1) is 0 Å². The van der Waals surface area contributed by atoms with Crippen LogP contribution in [-0.4, -0.2) is 36.2 Å². The molecular formula is C14H20N2O. The Balaban J connectivity index is 2.15. The summed E-state index contributed by atoms with van der Waals surface area (Å²) in [5.74, 6) is 0.522. The lowest BCUT2D eigenvalue weighted by molar-refractivity contribution is 0.0639. The van der Waals surface area contributed by atoms with Gasteiger partial charge in [-0.25, -0.2) is 0 Å². The highest BCUT2D eigenvalue weighted by Crippen LogP contribution is 2.20. The van der Waals surface area contributed by atoms with Crippen LogP contribution >= 0.6 is 0 Å². The molecule has 0 spiro atoms. The van der Waals surface area contributed by atoms with Crippen LogP contribution in [0.1, 0.15) is 31.0 Å². The first kappa shape index (κ1) is 12.1. The zero-order valence-corrected chi connectivity index (χ0v) is 10.6. The maximum absolute atomic E-state index is 5.34. The Morgan fingerprint density at radius 2 is 2.12 bits per heavy atom. The lowest BCUT2D eigenvalue weighted by Gasteiger charge is -2.30. The molecule has 1 aromatic heterocycles. The zero-order valence-electron chi connectivity index (χ0n) is 10.6. The second kappa shape index (κ2) is 5.32. The number of hydrogen-bond donors (Lipinski definition) is 0. The maximum atomic E-state index is 5.34. The summed E-state index contributed by atoms with van der Waals surface area (Å²) in [5, 5.41) is 0. The standard InChI is InChI=1S/C14H20N2O/c1-11(2)13-4-5-15-14(10-13)12(3)16-6-8-17-9-7-16/h4-5,10-11H,3,6-9H2,1-2H3. The number of morpholine rings is 1. The van der Waals surface area contributed by atoms with Gasteiger partial charge in [0.15, 0.2) is 0 Å². The van der Waals surface area contributed by atoms with Crippen molar-refractivity contribution in [2.45, 2.75) is 19.8 Å². The second-order valence-electron chi connectivity index (χ2n) is 4.68. The van der Waals surface area contributed by atoms with Gasteiger partial charge < -0.3 is 9.64 Å². The number of ether oxygens (including phenoxy) is 1. The van der Waals surface area contributed by atoms with Crippen LogP contribution in [-0.2, 0) is 4.74 Å². The predicted octanol–water partition coefficient (Wildman–Crippen LogP) is 2.51. The summed E-state index contributed by atoms with van der Waals surface area (Å²) in [6.45, 7) is 11.9. The van der Waals surface area contributed by atoms with E-state index in [4.69, 9.17) is 4.74 Å². The van der Waals surface area contributed by atoms with Gasteiger partial charge in [0.25, 0.3) is 0 Å². The summed E-state index contributed by atoms with van der Waals surface area (Å²) < 4.78 is 5.34. The summed E-state index contributed by atoms with van der Waals surface area (Å²) in [5.41, 5.74) is 3.30. The molecule has 0 amide bonds. The van der Waals surface area contributed by atoms with E-state index in [-0.39, 0.29) is 0 Å². The highest BCUT2D eigenvalue weighted by Gasteiger charge is 2.14. The minimum absolute atomic E-state index is 0.522. The van der Waals surface area contributed by atoms with Crippen molar-refractivity contribution in [3.8, 4) is 0 Å². The van der Waals surface area contributed by atoms with E-state index in [1.54, 1.807) is 0 Å².